The van der Waals surface area contributed by atoms with Crippen LogP contribution in [0.4, 0.5) is 0 Å². The van der Waals surface area contributed by atoms with Gasteiger partial charge in [0.1, 0.15) is 5.69 Å². The minimum atomic E-state index is 0.192. The van der Waals surface area contributed by atoms with Crippen molar-refractivity contribution in [1.82, 2.24) is 19.9 Å². The number of hydrogen-bond acceptors (Lipinski definition) is 3. The highest BCUT2D eigenvalue weighted by Crippen LogP contribution is 2.27. The Morgan fingerprint density at radius 2 is 1.84 bits per heavy atom. The summed E-state index contributed by atoms with van der Waals surface area (Å²) in [7, 11) is 0. The first-order valence-corrected chi connectivity index (χ1v) is 9.22. The molecule has 1 amide bonds. The molecule has 0 N–H and O–H groups in total. The number of carbonyl (C=O) groups is 1. The van der Waals surface area contributed by atoms with Crippen LogP contribution in [0.2, 0.25) is 0 Å². The van der Waals surface area contributed by atoms with E-state index in [0.717, 1.165) is 56.5 Å². The molecule has 0 spiro atoms. The third-order valence-electron chi connectivity index (χ3n) is 5.35. The highest BCUT2D eigenvalue weighted by molar-refractivity contribution is 5.79. The van der Waals surface area contributed by atoms with Gasteiger partial charge in [-0.15, -0.1) is 5.10 Å². The Kier molecular flexibility index (Phi) is 4.63. The lowest BCUT2D eigenvalue weighted by molar-refractivity contribution is -0.137. The van der Waals surface area contributed by atoms with Gasteiger partial charge < -0.3 is 4.90 Å². The fourth-order valence-electron chi connectivity index (χ4n) is 3.82. The fraction of sp³-hybridized carbons (Fsp3) is 0.450. The summed E-state index contributed by atoms with van der Waals surface area (Å²) in [6.07, 6.45) is 11.2. The molecule has 0 unspecified atom stereocenters. The van der Waals surface area contributed by atoms with Crippen LogP contribution in [0.25, 0.3) is 11.3 Å². The lowest BCUT2D eigenvalue weighted by Gasteiger charge is -2.34. The predicted octanol–water partition coefficient (Wildman–Crippen LogP) is 3.46. The summed E-state index contributed by atoms with van der Waals surface area (Å²) in [6.45, 7) is 1.65. The van der Waals surface area contributed by atoms with Gasteiger partial charge in [-0.1, -0.05) is 47.7 Å². The van der Waals surface area contributed by atoms with Gasteiger partial charge in [-0.05, 0) is 32.1 Å². The summed E-state index contributed by atoms with van der Waals surface area (Å²) < 4.78 is 1.98. The number of allylic oxidation sites excluding steroid dienone is 2. The number of amides is 1. The molecule has 0 bridgehead atoms. The third-order valence-corrected chi connectivity index (χ3v) is 5.35. The van der Waals surface area contributed by atoms with E-state index in [4.69, 9.17) is 0 Å². The van der Waals surface area contributed by atoms with Gasteiger partial charge in [0, 0.05) is 24.6 Å². The molecule has 0 radical (unpaired) electrons. The predicted molar refractivity (Wildman–Crippen MR) is 96.8 cm³/mol. The maximum Gasteiger partial charge on any atom is 0.226 e. The van der Waals surface area contributed by atoms with E-state index in [1.807, 2.05) is 41.2 Å². The number of nitrogens with zero attached hydrogens (tertiary/aromatic N) is 4. The standard InChI is InChI=1S/C20H24N4O/c25-20(17-9-5-2-6-10-17)23-13-11-18(12-14-23)24-15-19(21-22-24)16-7-3-1-4-8-16/h1-5,7-8,15,17-18H,6,9-14H2/t17-/m1/s1. The molecule has 1 saturated heterocycles. The van der Waals surface area contributed by atoms with E-state index in [9.17, 15) is 4.79 Å². The summed E-state index contributed by atoms with van der Waals surface area (Å²) in [5.74, 6) is 0.531. The summed E-state index contributed by atoms with van der Waals surface area (Å²) in [6, 6.07) is 10.5. The van der Waals surface area contributed by atoms with Crippen molar-refractivity contribution in [3.8, 4) is 11.3 Å². The largest absolute Gasteiger partial charge is 0.342 e. The Balaban J connectivity index is 1.37. The average Bonchev–Trinajstić information content (AvgIpc) is 3.19. The highest BCUT2D eigenvalue weighted by Gasteiger charge is 2.29. The molecule has 5 heteroatoms. The van der Waals surface area contributed by atoms with Crippen molar-refractivity contribution in [1.29, 1.82) is 0 Å². The second-order valence-electron chi connectivity index (χ2n) is 6.99. The Morgan fingerprint density at radius 1 is 1.04 bits per heavy atom. The zero-order valence-corrected chi connectivity index (χ0v) is 14.4. The highest BCUT2D eigenvalue weighted by atomic mass is 16.2. The van der Waals surface area contributed by atoms with Gasteiger partial charge in [0.25, 0.3) is 0 Å². The van der Waals surface area contributed by atoms with E-state index in [1.165, 1.54) is 0 Å². The van der Waals surface area contributed by atoms with E-state index < -0.39 is 0 Å². The number of aromatic nitrogens is 3. The maximum absolute atomic E-state index is 12.6. The molecule has 5 nitrogen and oxygen atoms in total. The molecule has 130 valence electrons. The van der Waals surface area contributed by atoms with Crippen LogP contribution in [-0.4, -0.2) is 38.9 Å². The van der Waals surface area contributed by atoms with Gasteiger partial charge in [-0.3, -0.25) is 4.79 Å². The molecule has 0 saturated carbocycles. The van der Waals surface area contributed by atoms with Crippen LogP contribution in [0.1, 0.15) is 38.1 Å². The van der Waals surface area contributed by atoms with Gasteiger partial charge in [0.2, 0.25) is 5.91 Å². The van der Waals surface area contributed by atoms with Crippen LogP contribution in [-0.2, 0) is 4.79 Å². The Morgan fingerprint density at radius 3 is 2.56 bits per heavy atom. The fourth-order valence-corrected chi connectivity index (χ4v) is 3.82. The van der Waals surface area contributed by atoms with E-state index in [1.54, 1.807) is 0 Å². The summed E-state index contributed by atoms with van der Waals surface area (Å²) in [5, 5.41) is 8.64. The van der Waals surface area contributed by atoms with Gasteiger partial charge in [0.05, 0.1) is 12.2 Å². The van der Waals surface area contributed by atoms with Gasteiger partial charge >= 0.3 is 0 Å². The average molecular weight is 336 g/mol. The van der Waals surface area contributed by atoms with Gasteiger partial charge in [-0.25, -0.2) is 4.68 Å². The molecule has 1 fully saturated rings. The molecule has 2 heterocycles. The normalized spacial score (nSPS) is 21.4. The zero-order valence-electron chi connectivity index (χ0n) is 14.4. The van der Waals surface area contributed by atoms with Crippen LogP contribution >= 0.6 is 0 Å². The first-order chi connectivity index (χ1) is 12.3. The van der Waals surface area contributed by atoms with E-state index in [-0.39, 0.29) is 5.92 Å². The van der Waals surface area contributed by atoms with E-state index in [0.29, 0.717) is 11.9 Å². The topological polar surface area (TPSA) is 51.0 Å². The third kappa shape index (κ3) is 3.50. The minimum absolute atomic E-state index is 0.192. The molecule has 1 aliphatic carbocycles. The summed E-state index contributed by atoms with van der Waals surface area (Å²) >= 11 is 0. The first-order valence-electron chi connectivity index (χ1n) is 9.22. The smallest absolute Gasteiger partial charge is 0.226 e. The van der Waals surface area contributed by atoms with Crippen molar-refractivity contribution in [2.24, 2.45) is 5.92 Å². The molecule has 1 aliphatic heterocycles. The van der Waals surface area contributed by atoms with Crippen molar-refractivity contribution in [3.63, 3.8) is 0 Å². The quantitative estimate of drug-likeness (QED) is 0.807. The van der Waals surface area contributed by atoms with Crippen LogP contribution in [0.15, 0.2) is 48.7 Å². The molecule has 1 aromatic carbocycles. The molecule has 2 aliphatic rings. The number of rotatable bonds is 3. The Labute approximate surface area is 148 Å². The number of benzene rings is 1. The van der Waals surface area contributed by atoms with Crippen molar-refractivity contribution >= 4 is 5.91 Å². The van der Waals surface area contributed by atoms with E-state index in [2.05, 4.69) is 27.4 Å². The molecule has 25 heavy (non-hydrogen) atoms. The molecular formula is C20H24N4O. The maximum atomic E-state index is 12.6. The second kappa shape index (κ2) is 7.21. The molecule has 2 aromatic rings. The number of piperidine rings is 1. The number of carbonyl (C=O) groups excluding carboxylic acids is 1. The molecular weight excluding hydrogens is 312 g/mol. The van der Waals surface area contributed by atoms with E-state index >= 15 is 0 Å². The summed E-state index contributed by atoms with van der Waals surface area (Å²) in [4.78, 5) is 14.7. The molecule has 4 rings (SSSR count). The van der Waals surface area contributed by atoms with Crippen LogP contribution in [0.5, 0.6) is 0 Å². The SMILES string of the molecule is O=C([C@@H]1CC=CCC1)N1CCC(n2cc(-c3ccccc3)nn2)CC1. The van der Waals surface area contributed by atoms with Crippen molar-refractivity contribution in [2.45, 2.75) is 38.1 Å². The van der Waals surface area contributed by atoms with Crippen molar-refractivity contribution in [2.75, 3.05) is 13.1 Å². The van der Waals surface area contributed by atoms with Crippen molar-refractivity contribution < 1.29 is 4.79 Å². The first kappa shape index (κ1) is 16.1. The molecule has 1 aromatic heterocycles. The lowest BCUT2D eigenvalue weighted by Crippen LogP contribution is -2.42. The second-order valence-corrected chi connectivity index (χ2v) is 6.99. The lowest BCUT2D eigenvalue weighted by atomic mass is 9.92. The van der Waals surface area contributed by atoms with Crippen molar-refractivity contribution in [3.05, 3.63) is 48.7 Å². The molecule has 1 atom stereocenters. The minimum Gasteiger partial charge on any atom is -0.342 e. The van der Waals surface area contributed by atoms with Crippen LogP contribution in [0.3, 0.4) is 0 Å². The summed E-state index contributed by atoms with van der Waals surface area (Å²) in [5.41, 5.74) is 2.00. The number of likely N-dealkylation sites (tertiary alicyclic amines) is 1. The Hall–Kier alpha value is -2.43. The number of hydrogen-bond donors (Lipinski definition) is 0. The van der Waals surface area contributed by atoms with Gasteiger partial charge in [0.15, 0.2) is 0 Å². The monoisotopic (exact) mass is 336 g/mol. The van der Waals surface area contributed by atoms with Crippen LogP contribution in [0, 0.1) is 5.92 Å². The zero-order chi connectivity index (χ0) is 17.1. The van der Waals surface area contributed by atoms with Crippen LogP contribution < -0.4 is 0 Å². The Bertz CT molecular complexity index is 744. The van der Waals surface area contributed by atoms with Gasteiger partial charge in [-0.2, -0.15) is 0 Å².